The monoisotopic (exact) mass is 526 g/mol. The van der Waals surface area contributed by atoms with Crippen LogP contribution in [-0.4, -0.2) is 23.0 Å². The largest absolute Gasteiger partial charge is 0.469 e. The number of methoxy groups -OCH3 is 1. The Kier molecular flexibility index (Phi) is 6.99. The molecule has 1 aromatic heterocycles. The number of rotatable bonds is 5. The maximum absolute atomic E-state index is 13.2. The molecule has 0 saturated heterocycles. The first-order valence-corrected chi connectivity index (χ1v) is 12.6. The SMILES string of the molecule is COC(=O)CC1CCC(c2ccc(-c3ccc(-c4nc5cc(Cl)c(C(F)(F)F)cc5[nH]4)cc3)cc2)CC1. The number of hydrogen-bond donors (Lipinski definition) is 1. The fraction of sp³-hybridized carbons (Fsp3) is 0.310. The van der Waals surface area contributed by atoms with Crippen molar-refractivity contribution in [3.8, 4) is 22.5 Å². The van der Waals surface area contributed by atoms with E-state index in [9.17, 15) is 18.0 Å². The van der Waals surface area contributed by atoms with E-state index in [4.69, 9.17) is 16.3 Å². The Hall–Kier alpha value is -3.32. The number of ether oxygens (including phenoxy) is 1. The van der Waals surface area contributed by atoms with Crippen LogP contribution >= 0.6 is 11.6 Å². The summed E-state index contributed by atoms with van der Waals surface area (Å²) in [5.41, 5.74) is 3.99. The summed E-state index contributed by atoms with van der Waals surface area (Å²) >= 11 is 5.83. The molecule has 5 rings (SSSR count). The minimum atomic E-state index is -4.53. The van der Waals surface area contributed by atoms with Gasteiger partial charge in [-0.1, -0.05) is 60.1 Å². The Morgan fingerprint density at radius 1 is 0.973 bits per heavy atom. The van der Waals surface area contributed by atoms with Gasteiger partial charge in [0.2, 0.25) is 0 Å². The molecule has 37 heavy (non-hydrogen) atoms. The summed E-state index contributed by atoms with van der Waals surface area (Å²) in [5.74, 6) is 1.27. The second kappa shape index (κ2) is 10.2. The number of alkyl halides is 3. The van der Waals surface area contributed by atoms with Crippen LogP contribution < -0.4 is 0 Å². The summed E-state index contributed by atoms with van der Waals surface area (Å²) < 4.78 is 44.3. The number of imidazole rings is 1. The predicted molar refractivity (Wildman–Crippen MR) is 138 cm³/mol. The summed E-state index contributed by atoms with van der Waals surface area (Å²) in [5, 5.41) is -0.369. The Bertz CT molecular complexity index is 1400. The van der Waals surface area contributed by atoms with Crippen LogP contribution in [0.3, 0.4) is 0 Å². The summed E-state index contributed by atoms with van der Waals surface area (Å²) in [4.78, 5) is 18.9. The highest BCUT2D eigenvalue weighted by Crippen LogP contribution is 2.39. The normalized spacial score (nSPS) is 18.2. The lowest BCUT2D eigenvalue weighted by molar-refractivity contribution is -0.142. The van der Waals surface area contributed by atoms with Gasteiger partial charge >= 0.3 is 12.1 Å². The Morgan fingerprint density at radius 3 is 2.16 bits per heavy atom. The van der Waals surface area contributed by atoms with E-state index in [2.05, 4.69) is 34.2 Å². The molecule has 3 aromatic carbocycles. The van der Waals surface area contributed by atoms with Crippen LogP contribution in [0.1, 0.15) is 49.1 Å². The first-order valence-electron chi connectivity index (χ1n) is 12.3. The van der Waals surface area contributed by atoms with Gasteiger partial charge in [0.1, 0.15) is 5.82 Å². The molecule has 1 heterocycles. The lowest BCUT2D eigenvalue weighted by Gasteiger charge is -2.28. The van der Waals surface area contributed by atoms with Crippen molar-refractivity contribution in [1.82, 2.24) is 9.97 Å². The van der Waals surface area contributed by atoms with E-state index in [1.807, 2.05) is 24.3 Å². The molecular weight excluding hydrogens is 501 g/mol. The van der Waals surface area contributed by atoms with Gasteiger partial charge in [-0.25, -0.2) is 4.98 Å². The number of carbonyl (C=O) groups excluding carboxylic acids is 1. The van der Waals surface area contributed by atoms with Gasteiger partial charge in [0.15, 0.2) is 0 Å². The zero-order valence-corrected chi connectivity index (χ0v) is 21.0. The predicted octanol–water partition coefficient (Wildman–Crippen LogP) is 8.41. The van der Waals surface area contributed by atoms with Crippen molar-refractivity contribution in [2.24, 2.45) is 5.92 Å². The number of nitrogens with one attached hydrogen (secondary N) is 1. The molecule has 1 aliphatic carbocycles. The van der Waals surface area contributed by atoms with Gasteiger partial charge in [0.25, 0.3) is 0 Å². The fourth-order valence-electron chi connectivity index (χ4n) is 5.17. The molecule has 1 fully saturated rings. The highest BCUT2D eigenvalue weighted by atomic mass is 35.5. The quantitative estimate of drug-likeness (QED) is 0.266. The van der Waals surface area contributed by atoms with Gasteiger partial charge in [-0.15, -0.1) is 0 Å². The number of aromatic nitrogens is 2. The van der Waals surface area contributed by atoms with Crippen molar-refractivity contribution in [3.63, 3.8) is 0 Å². The van der Waals surface area contributed by atoms with Crippen molar-refractivity contribution in [1.29, 1.82) is 0 Å². The molecular formula is C29H26ClF3N2O2. The first kappa shape index (κ1) is 25.3. The number of fused-ring (bicyclic) bond motifs is 1. The van der Waals surface area contributed by atoms with Crippen LogP contribution in [0.2, 0.25) is 5.02 Å². The second-order valence-electron chi connectivity index (χ2n) is 9.63. The van der Waals surface area contributed by atoms with E-state index in [-0.39, 0.29) is 16.5 Å². The van der Waals surface area contributed by atoms with Crippen molar-refractivity contribution in [2.75, 3.05) is 7.11 Å². The highest BCUT2D eigenvalue weighted by molar-refractivity contribution is 6.32. The van der Waals surface area contributed by atoms with E-state index in [0.29, 0.717) is 29.6 Å². The topological polar surface area (TPSA) is 55.0 Å². The fourth-order valence-corrected chi connectivity index (χ4v) is 5.44. The number of H-pyrrole nitrogens is 1. The molecule has 192 valence electrons. The molecule has 0 bridgehead atoms. The molecule has 1 aliphatic rings. The average Bonchev–Trinajstić information content (AvgIpc) is 3.31. The number of nitrogens with zero attached hydrogens (tertiary/aromatic N) is 1. The van der Waals surface area contributed by atoms with Crippen LogP contribution in [-0.2, 0) is 15.7 Å². The molecule has 0 radical (unpaired) electrons. The van der Waals surface area contributed by atoms with Crippen molar-refractivity contribution in [3.05, 3.63) is 76.8 Å². The number of benzene rings is 3. The van der Waals surface area contributed by atoms with E-state index >= 15 is 0 Å². The lowest BCUT2D eigenvalue weighted by Crippen LogP contribution is -2.17. The molecule has 4 aromatic rings. The van der Waals surface area contributed by atoms with Gasteiger partial charge in [-0.3, -0.25) is 4.79 Å². The maximum atomic E-state index is 13.2. The third kappa shape index (κ3) is 5.52. The van der Waals surface area contributed by atoms with E-state index in [1.54, 1.807) is 0 Å². The number of hydrogen-bond acceptors (Lipinski definition) is 3. The minimum absolute atomic E-state index is 0.126. The molecule has 0 unspecified atom stereocenters. The number of halogens is 4. The molecule has 0 amide bonds. The van der Waals surface area contributed by atoms with Gasteiger partial charge in [-0.2, -0.15) is 13.2 Å². The van der Waals surface area contributed by atoms with Crippen LogP contribution in [0.15, 0.2) is 60.7 Å². The zero-order chi connectivity index (χ0) is 26.2. The van der Waals surface area contributed by atoms with Crippen LogP contribution in [0.4, 0.5) is 13.2 Å². The van der Waals surface area contributed by atoms with Crippen molar-refractivity contribution >= 4 is 28.6 Å². The first-order chi connectivity index (χ1) is 17.7. The Morgan fingerprint density at radius 2 is 1.57 bits per heavy atom. The number of carbonyl (C=O) groups is 1. The average molecular weight is 527 g/mol. The van der Waals surface area contributed by atoms with Gasteiger partial charge in [0, 0.05) is 12.0 Å². The summed E-state index contributed by atoms with van der Waals surface area (Å²) in [7, 11) is 1.44. The standard InChI is InChI=1S/C29H26ClF3N2O2/c1-37-27(36)14-17-2-4-18(5-3-17)19-6-8-20(9-7-19)21-10-12-22(13-11-21)28-34-25-15-23(29(31,32)33)24(30)16-26(25)35-28/h6-13,15-18H,2-5,14H2,1H3,(H,34,35). The zero-order valence-electron chi connectivity index (χ0n) is 20.2. The van der Waals surface area contributed by atoms with Crippen molar-refractivity contribution < 1.29 is 22.7 Å². The molecule has 8 heteroatoms. The smallest absolute Gasteiger partial charge is 0.417 e. The van der Waals surface area contributed by atoms with Crippen molar-refractivity contribution in [2.45, 2.75) is 44.2 Å². The summed E-state index contributed by atoms with van der Waals surface area (Å²) in [6, 6.07) is 18.6. The van der Waals surface area contributed by atoms with Gasteiger partial charge in [0.05, 0.1) is 28.7 Å². The van der Waals surface area contributed by atoms with Gasteiger partial charge < -0.3 is 9.72 Å². The van der Waals surface area contributed by atoms with Crippen LogP contribution in [0.25, 0.3) is 33.5 Å². The minimum Gasteiger partial charge on any atom is -0.469 e. The summed E-state index contributed by atoms with van der Waals surface area (Å²) in [6.45, 7) is 0. The third-order valence-electron chi connectivity index (χ3n) is 7.28. The molecule has 0 atom stereocenters. The highest BCUT2D eigenvalue weighted by Gasteiger charge is 2.34. The van der Waals surface area contributed by atoms with E-state index < -0.39 is 11.7 Å². The lowest BCUT2D eigenvalue weighted by atomic mass is 9.77. The molecule has 4 nitrogen and oxygen atoms in total. The van der Waals surface area contributed by atoms with E-state index in [0.717, 1.165) is 48.4 Å². The van der Waals surface area contributed by atoms with E-state index in [1.165, 1.54) is 18.7 Å². The van der Waals surface area contributed by atoms with Gasteiger partial charge in [-0.05, 0) is 66.3 Å². The molecule has 0 aliphatic heterocycles. The maximum Gasteiger partial charge on any atom is 0.417 e. The second-order valence-corrected chi connectivity index (χ2v) is 10.0. The molecule has 0 spiro atoms. The number of aromatic amines is 1. The third-order valence-corrected chi connectivity index (χ3v) is 7.59. The summed E-state index contributed by atoms with van der Waals surface area (Å²) in [6.07, 6.45) is 0.195. The Labute approximate surface area is 217 Å². The Balaban J connectivity index is 1.27. The number of esters is 1. The molecule has 1 N–H and O–H groups in total. The molecule has 1 saturated carbocycles. The van der Waals surface area contributed by atoms with Crippen LogP contribution in [0.5, 0.6) is 0 Å². The van der Waals surface area contributed by atoms with Crippen LogP contribution in [0, 0.1) is 5.92 Å².